The van der Waals surface area contributed by atoms with E-state index in [9.17, 15) is 0 Å². The van der Waals surface area contributed by atoms with Crippen molar-refractivity contribution in [3.8, 4) is 0 Å². The Kier molecular flexibility index (Phi) is 2.78. The fourth-order valence-corrected chi connectivity index (χ4v) is 4.04. The Hall–Kier alpha value is -1.98. The molecule has 0 spiro atoms. The maximum Gasteiger partial charge on any atom is 0.163 e. The number of rotatable bonds is 1. The predicted octanol–water partition coefficient (Wildman–Crippen LogP) is 3.92. The van der Waals surface area contributed by atoms with Crippen LogP contribution in [0.15, 0.2) is 52.0 Å². The van der Waals surface area contributed by atoms with Gasteiger partial charge in [-0.15, -0.1) is 11.6 Å². The summed E-state index contributed by atoms with van der Waals surface area (Å²) in [5.74, 6) is 0.463. The molecule has 23 heavy (non-hydrogen) atoms. The second kappa shape index (κ2) is 4.76. The second-order valence-corrected chi connectivity index (χ2v) is 6.84. The molecule has 0 atom stereocenters. The maximum absolute atomic E-state index is 6.25. The van der Waals surface area contributed by atoms with E-state index in [4.69, 9.17) is 11.6 Å². The number of aromatic nitrogens is 2. The lowest BCUT2D eigenvalue weighted by molar-refractivity contribution is 0.659. The summed E-state index contributed by atoms with van der Waals surface area (Å²) in [6.07, 6.45) is 0. The number of hydrogen-bond acceptors (Lipinski definition) is 2. The Bertz CT molecular complexity index is 1170. The van der Waals surface area contributed by atoms with Gasteiger partial charge in [-0.05, 0) is 30.3 Å². The van der Waals surface area contributed by atoms with Gasteiger partial charge in [0.05, 0.1) is 22.4 Å². The minimum absolute atomic E-state index is 0.463. The Labute approximate surface area is 145 Å². The van der Waals surface area contributed by atoms with Crippen molar-refractivity contribution in [1.82, 2.24) is 14.4 Å². The summed E-state index contributed by atoms with van der Waals surface area (Å²) >= 11 is 9.85. The van der Waals surface area contributed by atoms with E-state index in [2.05, 4.69) is 77.9 Å². The molecule has 0 saturated carbocycles. The molecule has 0 aliphatic carbocycles. The summed E-state index contributed by atoms with van der Waals surface area (Å²) < 4.78 is 5.52. The van der Waals surface area contributed by atoms with Gasteiger partial charge in [-0.2, -0.15) is 5.10 Å². The molecule has 4 aromatic rings. The standard InChI is InChI=1S/C17H12BrClN4/c18-11-4-5-14-15(7-11)23-12(8-19)6-10-2-1-3-13(16(10)23)17-21-20-9-22(14)17/h1-7,20H,8-9H2. The van der Waals surface area contributed by atoms with E-state index in [0.29, 0.717) is 12.5 Å². The summed E-state index contributed by atoms with van der Waals surface area (Å²) in [7, 11) is 0. The van der Waals surface area contributed by atoms with Crippen LogP contribution in [0, 0.1) is 0 Å². The first-order chi connectivity index (χ1) is 11.3. The lowest BCUT2D eigenvalue weighted by atomic mass is 10.2. The van der Waals surface area contributed by atoms with E-state index in [-0.39, 0.29) is 0 Å². The average Bonchev–Trinajstić information content (AvgIpc) is 3.16. The smallest absolute Gasteiger partial charge is 0.163 e. The Morgan fingerprint density at radius 2 is 2.09 bits per heavy atom. The number of fused-ring (bicyclic) bond motifs is 5. The molecule has 3 heterocycles. The Morgan fingerprint density at radius 1 is 1.17 bits per heavy atom. The van der Waals surface area contributed by atoms with Gasteiger partial charge in [0.15, 0.2) is 5.49 Å². The summed E-state index contributed by atoms with van der Waals surface area (Å²) in [6, 6.07) is 14.8. The molecule has 114 valence electrons. The lowest BCUT2D eigenvalue weighted by Crippen LogP contribution is -2.14. The molecular formula is C17H12BrClN4. The number of halogens is 2. The minimum Gasteiger partial charge on any atom is -0.310 e. The third-order valence-corrected chi connectivity index (χ3v) is 5.18. The van der Waals surface area contributed by atoms with E-state index < -0.39 is 0 Å². The van der Waals surface area contributed by atoms with Gasteiger partial charge in [-0.3, -0.25) is 5.43 Å². The average molecular weight is 388 g/mol. The molecular weight excluding hydrogens is 376 g/mol. The van der Waals surface area contributed by atoms with Crippen molar-refractivity contribution in [2.24, 2.45) is 5.10 Å². The third-order valence-electron chi connectivity index (χ3n) is 4.42. The van der Waals surface area contributed by atoms with Crippen LogP contribution in [0.4, 0.5) is 0 Å². The first kappa shape index (κ1) is 13.5. The van der Waals surface area contributed by atoms with Crippen molar-refractivity contribution in [2.75, 3.05) is 0 Å². The third kappa shape index (κ3) is 1.75. The molecule has 4 nitrogen and oxygen atoms in total. The normalized spacial score (nSPS) is 13.5. The minimum atomic E-state index is 0.463. The summed E-state index contributed by atoms with van der Waals surface area (Å²) in [6.45, 7) is 0.668. The summed E-state index contributed by atoms with van der Waals surface area (Å²) in [5, 5.41) is 6.84. The highest BCUT2D eigenvalue weighted by Gasteiger charge is 2.16. The second-order valence-electron chi connectivity index (χ2n) is 5.66. The van der Waals surface area contributed by atoms with Crippen LogP contribution in [0.3, 0.4) is 0 Å². The molecule has 0 bridgehead atoms. The van der Waals surface area contributed by atoms with Crippen LogP contribution in [0.25, 0.3) is 27.3 Å². The van der Waals surface area contributed by atoms with E-state index in [1.165, 1.54) is 5.39 Å². The number of alkyl halides is 1. The Morgan fingerprint density at radius 3 is 2.96 bits per heavy atom. The number of nitrogens with zero attached hydrogens (tertiary/aromatic N) is 3. The fourth-order valence-electron chi connectivity index (χ4n) is 3.49. The topological polar surface area (TPSA) is 33.7 Å². The molecule has 0 unspecified atom stereocenters. The van der Waals surface area contributed by atoms with Gasteiger partial charge in [-0.25, -0.2) is 0 Å². The quantitative estimate of drug-likeness (QED) is 0.493. The molecule has 1 aliphatic heterocycles. The monoisotopic (exact) mass is 386 g/mol. The van der Waals surface area contributed by atoms with Crippen molar-refractivity contribution in [2.45, 2.75) is 12.5 Å². The van der Waals surface area contributed by atoms with Crippen LogP contribution < -0.4 is 10.9 Å². The SMILES string of the molecule is ClCc1cc2cccc3c4n(c5ccc(Br)cc5n1c23)CNN=4. The van der Waals surface area contributed by atoms with Gasteiger partial charge in [0.2, 0.25) is 0 Å². The zero-order valence-corrected chi connectivity index (χ0v) is 14.4. The number of benzene rings is 2. The van der Waals surface area contributed by atoms with Crippen molar-refractivity contribution < 1.29 is 0 Å². The van der Waals surface area contributed by atoms with Gasteiger partial charge in [0.1, 0.15) is 6.67 Å². The molecule has 1 N–H and O–H groups in total. The van der Waals surface area contributed by atoms with Gasteiger partial charge >= 0.3 is 0 Å². The zero-order valence-electron chi connectivity index (χ0n) is 12.1. The molecule has 0 saturated heterocycles. The van der Waals surface area contributed by atoms with Gasteiger partial charge in [0, 0.05) is 20.9 Å². The van der Waals surface area contributed by atoms with E-state index in [1.807, 2.05) is 0 Å². The van der Waals surface area contributed by atoms with Crippen LogP contribution in [0.5, 0.6) is 0 Å². The van der Waals surface area contributed by atoms with Gasteiger partial charge in [0.25, 0.3) is 0 Å². The van der Waals surface area contributed by atoms with E-state index in [1.54, 1.807) is 0 Å². The number of para-hydroxylation sites is 1. The first-order valence-electron chi connectivity index (χ1n) is 7.35. The molecule has 0 radical (unpaired) electrons. The highest BCUT2D eigenvalue weighted by molar-refractivity contribution is 9.10. The summed E-state index contributed by atoms with van der Waals surface area (Å²) in [5.41, 5.74) is 8.55. The summed E-state index contributed by atoms with van der Waals surface area (Å²) in [4.78, 5) is 0. The lowest BCUT2D eigenvalue weighted by Gasteiger charge is -2.05. The van der Waals surface area contributed by atoms with Crippen LogP contribution >= 0.6 is 27.5 Å². The highest BCUT2D eigenvalue weighted by Crippen LogP contribution is 2.29. The largest absolute Gasteiger partial charge is 0.310 e. The first-order valence-corrected chi connectivity index (χ1v) is 8.68. The maximum atomic E-state index is 6.25. The van der Waals surface area contributed by atoms with Gasteiger partial charge in [-0.1, -0.05) is 28.1 Å². The van der Waals surface area contributed by atoms with E-state index >= 15 is 0 Å². The fraction of sp³-hybridized carbons (Fsp3) is 0.118. The van der Waals surface area contributed by atoms with Crippen LogP contribution in [-0.2, 0) is 12.5 Å². The van der Waals surface area contributed by atoms with Crippen molar-refractivity contribution in [3.05, 3.63) is 58.1 Å². The highest BCUT2D eigenvalue weighted by atomic mass is 79.9. The number of nitrogens with one attached hydrogen (secondary N) is 1. The molecule has 2 aromatic heterocycles. The molecule has 0 fully saturated rings. The van der Waals surface area contributed by atoms with Crippen LogP contribution in [0.2, 0.25) is 0 Å². The van der Waals surface area contributed by atoms with Gasteiger partial charge < -0.3 is 8.97 Å². The molecule has 6 heteroatoms. The molecule has 5 rings (SSSR count). The zero-order chi connectivity index (χ0) is 15.6. The van der Waals surface area contributed by atoms with Crippen molar-refractivity contribution >= 4 is 54.9 Å². The molecule has 1 aliphatic rings. The van der Waals surface area contributed by atoms with Crippen molar-refractivity contribution in [1.29, 1.82) is 0 Å². The van der Waals surface area contributed by atoms with Crippen LogP contribution in [0.1, 0.15) is 5.69 Å². The number of hydrogen-bond donors (Lipinski definition) is 1. The van der Waals surface area contributed by atoms with E-state index in [0.717, 1.165) is 37.6 Å². The predicted molar refractivity (Wildman–Crippen MR) is 96.4 cm³/mol. The molecule has 2 aromatic carbocycles. The Balaban J connectivity index is 2.25. The van der Waals surface area contributed by atoms with Crippen molar-refractivity contribution in [3.63, 3.8) is 0 Å². The van der Waals surface area contributed by atoms with Crippen LogP contribution in [-0.4, -0.2) is 8.97 Å². The molecule has 0 amide bonds.